The zero-order chi connectivity index (χ0) is 19.1. The van der Waals surface area contributed by atoms with E-state index in [1.54, 1.807) is 6.26 Å². The Hall–Kier alpha value is -1.98. The molecule has 1 aliphatic rings. The number of carbonyl (C=O) groups excluding carboxylic acids is 1. The molecular weight excluding hydrogens is 362 g/mol. The number of furan rings is 1. The number of rotatable bonds is 6. The number of aryl methyl sites for hydroxylation is 1. The highest BCUT2D eigenvalue weighted by Gasteiger charge is 2.20. The van der Waals surface area contributed by atoms with Gasteiger partial charge in [-0.2, -0.15) is 0 Å². The van der Waals surface area contributed by atoms with Crippen LogP contribution >= 0.6 is 11.6 Å². The Bertz CT molecular complexity index is 703. The van der Waals surface area contributed by atoms with Crippen molar-refractivity contribution in [2.75, 3.05) is 26.2 Å². The zero-order valence-corrected chi connectivity index (χ0v) is 16.6. The van der Waals surface area contributed by atoms with Gasteiger partial charge in [0.15, 0.2) is 0 Å². The van der Waals surface area contributed by atoms with Crippen molar-refractivity contribution in [1.82, 2.24) is 15.1 Å². The second-order valence-corrected chi connectivity index (χ2v) is 7.65. The van der Waals surface area contributed by atoms with Gasteiger partial charge in [0, 0.05) is 50.2 Å². The maximum Gasteiger partial charge on any atom is 0.317 e. The molecule has 0 bridgehead atoms. The van der Waals surface area contributed by atoms with Gasteiger partial charge in [0.2, 0.25) is 0 Å². The van der Waals surface area contributed by atoms with Crippen molar-refractivity contribution in [3.05, 3.63) is 59.0 Å². The van der Waals surface area contributed by atoms with Crippen molar-refractivity contribution in [3.63, 3.8) is 0 Å². The molecule has 1 atom stereocenters. The number of amides is 2. The highest BCUT2D eigenvalue weighted by molar-refractivity contribution is 6.30. The van der Waals surface area contributed by atoms with E-state index < -0.39 is 0 Å². The molecule has 0 saturated carbocycles. The fourth-order valence-corrected chi connectivity index (χ4v) is 3.49. The van der Waals surface area contributed by atoms with Crippen LogP contribution in [-0.4, -0.2) is 48.1 Å². The third-order valence-corrected chi connectivity index (χ3v) is 5.22. The molecule has 3 rings (SSSR count). The normalized spacial score (nSPS) is 16.7. The van der Waals surface area contributed by atoms with E-state index >= 15 is 0 Å². The number of nitrogens with one attached hydrogen (secondary N) is 1. The van der Waals surface area contributed by atoms with E-state index in [0.717, 1.165) is 62.8 Å². The van der Waals surface area contributed by atoms with Gasteiger partial charge in [-0.15, -0.1) is 0 Å². The van der Waals surface area contributed by atoms with Gasteiger partial charge < -0.3 is 14.6 Å². The maximum atomic E-state index is 12.6. The van der Waals surface area contributed by atoms with Crippen LogP contribution in [0.15, 0.2) is 47.1 Å². The molecule has 27 heavy (non-hydrogen) atoms. The van der Waals surface area contributed by atoms with Crippen LogP contribution in [0.5, 0.6) is 0 Å². The molecule has 1 fully saturated rings. The number of hydrogen-bond donors (Lipinski definition) is 1. The van der Waals surface area contributed by atoms with E-state index in [0.29, 0.717) is 0 Å². The Morgan fingerprint density at radius 3 is 2.74 bits per heavy atom. The van der Waals surface area contributed by atoms with Crippen LogP contribution in [0.25, 0.3) is 0 Å². The Labute approximate surface area is 166 Å². The summed E-state index contributed by atoms with van der Waals surface area (Å²) < 4.78 is 5.35. The average Bonchev–Trinajstić information content (AvgIpc) is 3.07. The summed E-state index contributed by atoms with van der Waals surface area (Å²) in [5.74, 6) is 0.962. The molecule has 1 N–H and O–H groups in total. The van der Waals surface area contributed by atoms with Crippen molar-refractivity contribution in [2.45, 2.75) is 38.8 Å². The average molecular weight is 390 g/mol. The molecule has 6 heteroatoms. The Kier molecular flexibility index (Phi) is 7.18. The molecule has 0 aliphatic carbocycles. The molecule has 2 aromatic rings. The van der Waals surface area contributed by atoms with Crippen molar-refractivity contribution in [2.24, 2.45) is 0 Å². The van der Waals surface area contributed by atoms with Crippen molar-refractivity contribution >= 4 is 17.6 Å². The third-order valence-electron chi connectivity index (χ3n) is 4.97. The Morgan fingerprint density at radius 1 is 1.19 bits per heavy atom. The van der Waals surface area contributed by atoms with Crippen LogP contribution in [-0.2, 0) is 13.0 Å². The van der Waals surface area contributed by atoms with Gasteiger partial charge in [-0.1, -0.05) is 23.7 Å². The van der Waals surface area contributed by atoms with E-state index in [1.807, 2.05) is 36.1 Å². The molecule has 1 aliphatic heterocycles. The Morgan fingerprint density at radius 2 is 2.00 bits per heavy atom. The molecule has 2 amide bonds. The lowest BCUT2D eigenvalue weighted by atomic mass is 10.1. The minimum Gasteiger partial charge on any atom is -0.469 e. The first-order valence-electron chi connectivity index (χ1n) is 9.65. The lowest BCUT2D eigenvalue weighted by molar-refractivity contribution is 0.193. The molecule has 0 unspecified atom stereocenters. The first kappa shape index (κ1) is 19.8. The minimum atomic E-state index is 0.0373. The number of hydrogen-bond acceptors (Lipinski definition) is 3. The van der Waals surface area contributed by atoms with Gasteiger partial charge >= 0.3 is 6.03 Å². The second kappa shape index (κ2) is 9.81. The summed E-state index contributed by atoms with van der Waals surface area (Å²) in [5, 5.41) is 3.89. The van der Waals surface area contributed by atoms with Gasteiger partial charge in [-0.25, -0.2) is 4.79 Å². The first-order chi connectivity index (χ1) is 13.1. The molecule has 5 nitrogen and oxygen atoms in total. The zero-order valence-electron chi connectivity index (χ0n) is 15.9. The second-order valence-electron chi connectivity index (χ2n) is 7.21. The van der Waals surface area contributed by atoms with E-state index in [-0.39, 0.29) is 12.1 Å². The number of nitrogens with zero attached hydrogens (tertiary/aromatic N) is 2. The molecule has 1 saturated heterocycles. The molecule has 1 aromatic heterocycles. The van der Waals surface area contributed by atoms with Crippen LogP contribution in [0, 0.1) is 0 Å². The monoisotopic (exact) mass is 389 g/mol. The number of halogens is 1. The summed E-state index contributed by atoms with van der Waals surface area (Å²) >= 11 is 5.96. The highest BCUT2D eigenvalue weighted by Crippen LogP contribution is 2.13. The van der Waals surface area contributed by atoms with E-state index in [2.05, 4.69) is 22.3 Å². The van der Waals surface area contributed by atoms with Crippen molar-refractivity contribution in [3.8, 4) is 0 Å². The Balaban J connectivity index is 1.42. The fraction of sp³-hybridized carbons (Fsp3) is 0.476. The summed E-state index contributed by atoms with van der Waals surface area (Å²) in [5.41, 5.74) is 1.25. The summed E-state index contributed by atoms with van der Waals surface area (Å²) in [6, 6.07) is 12.0. The first-order valence-corrected chi connectivity index (χ1v) is 10.0. The SMILES string of the molecule is C[C@@H](CCc1ccco1)NC(=O)N1CCCN(Cc2ccc(Cl)cc2)CC1. The molecule has 0 spiro atoms. The molecule has 0 radical (unpaired) electrons. The van der Waals surface area contributed by atoms with Crippen LogP contribution in [0.2, 0.25) is 5.02 Å². The van der Waals surface area contributed by atoms with Gasteiger partial charge in [0.1, 0.15) is 5.76 Å². The predicted octanol–water partition coefficient (Wildman–Crippen LogP) is 4.17. The lowest BCUT2D eigenvalue weighted by Crippen LogP contribution is -2.45. The van der Waals surface area contributed by atoms with Gasteiger partial charge in [-0.05, 0) is 49.6 Å². The molecule has 2 heterocycles. The number of benzene rings is 1. The van der Waals surface area contributed by atoms with Crippen molar-refractivity contribution < 1.29 is 9.21 Å². The summed E-state index contributed by atoms with van der Waals surface area (Å²) in [6.07, 6.45) is 4.38. The van der Waals surface area contributed by atoms with E-state index in [4.69, 9.17) is 16.0 Å². The maximum absolute atomic E-state index is 12.6. The van der Waals surface area contributed by atoms with Crippen LogP contribution in [0.4, 0.5) is 4.79 Å². The summed E-state index contributed by atoms with van der Waals surface area (Å²) in [4.78, 5) is 16.9. The van der Waals surface area contributed by atoms with E-state index in [1.165, 1.54) is 5.56 Å². The summed E-state index contributed by atoms with van der Waals surface area (Å²) in [6.45, 7) is 6.38. The summed E-state index contributed by atoms with van der Waals surface area (Å²) in [7, 11) is 0. The molecular formula is C21H28ClN3O2. The quantitative estimate of drug-likeness (QED) is 0.806. The van der Waals surface area contributed by atoms with Crippen LogP contribution in [0.1, 0.15) is 31.1 Å². The third kappa shape index (κ3) is 6.29. The van der Waals surface area contributed by atoms with E-state index in [9.17, 15) is 4.79 Å². The highest BCUT2D eigenvalue weighted by atomic mass is 35.5. The fourth-order valence-electron chi connectivity index (χ4n) is 3.37. The minimum absolute atomic E-state index is 0.0373. The number of urea groups is 1. The number of carbonyl (C=O) groups is 1. The molecule has 1 aromatic carbocycles. The van der Waals surface area contributed by atoms with Gasteiger partial charge in [0.05, 0.1) is 6.26 Å². The van der Waals surface area contributed by atoms with Crippen LogP contribution in [0.3, 0.4) is 0 Å². The van der Waals surface area contributed by atoms with Crippen LogP contribution < -0.4 is 5.32 Å². The predicted molar refractivity (Wildman–Crippen MR) is 108 cm³/mol. The topological polar surface area (TPSA) is 48.7 Å². The molecule has 146 valence electrons. The smallest absolute Gasteiger partial charge is 0.317 e. The van der Waals surface area contributed by atoms with Gasteiger partial charge in [-0.3, -0.25) is 4.90 Å². The lowest BCUT2D eigenvalue weighted by Gasteiger charge is -2.24. The van der Waals surface area contributed by atoms with Crippen molar-refractivity contribution in [1.29, 1.82) is 0 Å². The standard InChI is InChI=1S/C21H28ClN3O2/c1-17(5-10-20-4-2-15-27-20)23-21(26)25-12-3-11-24(13-14-25)16-18-6-8-19(22)9-7-18/h2,4,6-9,15,17H,3,5,10-14,16H2,1H3,(H,23,26)/t17-/m0/s1. The van der Waals surface area contributed by atoms with Gasteiger partial charge in [0.25, 0.3) is 0 Å². The largest absolute Gasteiger partial charge is 0.469 e.